The van der Waals surface area contributed by atoms with Gasteiger partial charge in [-0.25, -0.2) is 0 Å². The lowest BCUT2D eigenvalue weighted by atomic mass is 9.94. The average molecular weight is 523 g/mol. The van der Waals surface area contributed by atoms with E-state index in [-0.39, 0.29) is 0 Å². The van der Waals surface area contributed by atoms with Gasteiger partial charge in [-0.15, -0.1) is 0 Å². The third kappa shape index (κ3) is 4.06. The van der Waals surface area contributed by atoms with Gasteiger partial charge in [0.1, 0.15) is 11.5 Å². The minimum absolute atomic E-state index is 0.629. The maximum absolute atomic E-state index is 15.1. The molecule has 0 bridgehead atoms. The number of fused-ring (bicyclic) bond motifs is 2. The van der Waals surface area contributed by atoms with Crippen LogP contribution in [0.25, 0.3) is 33.4 Å². The number of benzene rings is 4. The number of rotatable bonds is 4. The molecule has 0 saturated heterocycles. The van der Waals surface area contributed by atoms with Gasteiger partial charge in [-0.1, -0.05) is 48.5 Å². The van der Waals surface area contributed by atoms with Crippen LogP contribution < -0.4 is 20.7 Å². The van der Waals surface area contributed by atoms with Crippen molar-refractivity contribution in [2.75, 3.05) is 0 Å². The second-order valence-corrected chi connectivity index (χ2v) is 12.2. The molecular weight excluding hydrogens is 499 g/mol. The zero-order valence-corrected chi connectivity index (χ0v) is 21.8. The summed E-state index contributed by atoms with van der Waals surface area (Å²) in [7, 11) is -3.17. The van der Waals surface area contributed by atoms with Crippen LogP contribution in [0, 0.1) is 0 Å². The van der Waals surface area contributed by atoms with Gasteiger partial charge in [-0.05, 0) is 100 Å². The Morgan fingerprint density at radius 1 is 0.462 bits per heavy atom. The van der Waals surface area contributed by atoms with Gasteiger partial charge in [-0.3, -0.25) is 9.97 Å². The van der Waals surface area contributed by atoms with Crippen molar-refractivity contribution < 1.29 is 9.30 Å². The monoisotopic (exact) mass is 522 g/mol. The van der Waals surface area contributed by atoms with E-state index in [1.54, 1.807) is 24.8 Å². The van der Waals surface area contributed by atoms with Crippen molar-refractivity contribution in [3.63, 3.8) is 0 Å². The summed E-state index contributed by atoms with van der Waals surface area (Å²) in [5, 5.41) is 2.23. The molecule has 1 aliphatic rings. The standard InChI is InChI=1S/C34H23N2O2P/c37-39(30-6-2-1-3-7-30)33-9-5-4-8-31(33)38-32-11-10-26(23-34(32)39)29-21-27(24-12-16-35-17-13-24)20-28(22-29)25-14-18-36-19-15-25/h1-23H. The van der Waals surface area contributed by atoms with Crippen LogP contribution in [0.4, 0.5) is 0 Å². The fraction of sp³-hybridized carbons (Fsp3) is 0. The Morgan fingerprint density at radius 3 is 1.64 bits per heavy atom. The molecule has 5 heteroatoms. The first kappa shape index (κ1) is 23.3. The molecule has 0 aliphatic carbocycles. The van der Waals surface area contributed by atoms with Crippen molar-refractivity contribution in [2.45, 2.75) is 0 Å². The van der Waals surface area contributed by atoms with Crippen LogP contribution in [0.1, 0.15) is 0 Å². The Morgan fingerprint density at radius 2 is 1.00 bits per heavy atom. The number of nitrogens with zero attached hydrogens (tertiary/aromatic N) is 2. The van der Waals surface area contributed by atoms with Gasteiger partial charge in [0.2, 0.25) is 0 Å². The van der Waals surface area contributed by atoms with Crippen molar-refractivity contribution in [1.82, 2.24) is 9.97 Å². The van der Waals surface area contributed by atoms with E-state index < -0.39 is 7.14 Å². The van der Waals surface area contributed by atoms with E-state index in [2.05, 4.69) is 28.2 Å². The van der Waals surface area contributed by atoms with Crippen molar-refractivity contribution >= 4 is 23.1 Å². The smallest absolute Gasteiger partial charge is 0.178 e. The van der Waals surface area contributed by atoms with Crippen molar-refractivity contribution in [3.05, 3.63) is 140 Å². The fourth-order valence-electron chi connectivity index (χ4n) is 5.21. The average Bonchev–Trinajstić information content (AvgIpc) is 3.02. The highest BCUT2D eigenvalue weighted by atomic mass is 31.2. The SMILES string of the molecule is O=P1(c2ccccc2)c2ccccc2Oc2ccc(-c3cc(-c4ccncc4)cc(-c4ccncc4)c3)cc21. The van der Waals surface area contributed by atoms with Gasteiger partial charge < -0.3 is 9.30 Å². The molecule has 7 rings (SSSR count). The molecule has 0 N–H and O–H groups in total. The summed E-state index contributed by atoms with van der Waals surface area (Å²) in [5.41, 5.74) is 6.30. The number of hydrogen-bond donors (Lipinski definition) is 0. The fourth-order valence-corrected chi connectivity index (χ4v) is 8.10. The van der Waals surface area contributed by atoms with Gasteiger partial charge in [0, 0.05) is 30.1 Å². The molecule has 0 radical (unpaired) electrons. The predicted octanol–water partition coefficient (Wildman–Crippen LogP) is 7.22. The second-order valence-electron chi connectivity index (χ2n) is 9.47. The molecule has 1 aliphatic heterocycles. The van der Waals surface area contributed by atoms with E-state index >= 15 is 4.57 Å². The summed E-state index contributed by atoms with van der Waals surface area (Å²) in [6, 6.07) is 38.0. The van der Waals surface area contributed by atoms with Crippen LogP contribution in [0.3, 0.4) is 0 Å². The summed E-state index contributed by atoms with van der Waals surface area (Å²) in [6.07, 6.45) is 7.21. The summed E-state index contributed by atoms with van der Waals surface area (Å²) < 4.78 is 21.4. The number of aromatic nitrogens is 2. The van der Waals surface area contributed by atoms with E-state index in [0.717, 1.165) is 44.0 Å². The minimum atomic E-state index is -3.17. The van der Waals surface area contributed by atoms with E-state index in [1.807, 2.05) is 97.1 Å². The summed E-state index contributed by atoms with van der Waals surface area (Å²) >= 11 is 0. The van der Waals surface area contributed by atoms with Crippen molar-refractivity contribution in [3.8, 4) is 44.9 Å². The molecule has 4 aromatic carbocycles. The molecular formula is C34H23N2O2P. The third-order valence-electron chi connectivity index (χ3n) is 7.14. The number of ether oxygens (including phenoxy) is 1. The molecule has 2 aromatic heterocycles. The Hall–Kier alpha value is -4.79. The lowest BCUT2D eigenvalue weighted by Gasteiger charge is -2.29. The molecule has 6 aromatic rings. The topological polar surface area (TPSA) is 52.1 Å². The van der Waals surface area contributed by atoms with Crippen molar-refractivity contribution in [2.24, 2.45) is 0 Å². The molecule has 1 atom stereocenters. The summed E-state index contributed by atoms with van der Waals surface area (Å²) in [5.74, 6) is 1.27. The van der Waals surface area contributed by atoms with Gasteiger partial charge in [-0.2, -0.15) is 0 Å². The molecule has 4 nitrogen and oxygen atoms in total. The van der Waals surface area contributed by atoms with Gasteiger partial charge in [0.25, 0.3) is 0 Å². The van der Waals surface area contributed by atoms with E-state index in [9.17, 15) is 0 Å². The van der Waals surface area contributed by atoms with Crippen LogP contribution in [0.2, 0.25) is 0 Å². The first-order valence-electron chi connectivity index (χ1n) is 12.7. The van der Waals surface area contributed by atoms with Gasteiger partial charge in [0.15, 0.2) is 7.14 Å². The largest absolute Gasteiger partial charge is 0.456 e. The second kappa shape index (κ2) is 9.50. The highest BCUT2D eigenvalue weighted by Gasteiger charge is 2.39. The van der Waals surface area contributed by atoms with E-state index in [4.69, 9.17) is 4.74 Å². The van der Waals surface area contributed by atoms with Crippen LogP contribution in [-0.2, 0) is 4.57 Å². The van der Waals surface area contributed by atoms with Gasteiger partial charge >= 0.3 is 0 Å². The Balaban J connectivity index is 1.45. The highest BCUT2D eigenvalue weighted by molar-refractivity contribution is 7.85. The molecule has 186 valence electrons. The maximum Gasteiger partial charge on any atom is 0.178 e. The lowest BCUT2D eigenvalue weighted by molar-refractivity contribution is 0.485. The molecule has 1 unspecified atom stereocenters. The first-order chi connectivity index (χ1) is 19.2. The maximum atomic E-state index is 15.1. The molecule has 3 heterocycles. The van der Waals surface area contributed by atoms with E-state index in [1.165, 1.54) is 0 Å². The number of pyridine rings is 2. The van der Waals surface area contributed by atoms with Crippen LogP contribution in [0.5, 0.6) is 11.5 Å². The molecule has 0 spiro atoms. The summed E-state index contributed by atoms with van der Waals surface area (Å²) in [6.45, 7) is 0. The van der Waals surface area contributed by atoms with Gasteiger partial charge in [0.05, 0.1) is 10.6 Å². The van der Waals surface area contributed by atoms with Crippen LogP contribution >= 0.6 is 7.14 Å². The summed E-state index contributed by atoms with van der Waals surface area (Å²) in [4.78, 5) is 8.38. The number of para-hydroxylation sites is 1. The molecule has 0 fully saturated rings. The third-order valence-corrected chi connectivity index (χ3v) is 10.2. The quantitative estimate of drug-likeness (QED) is 0.229. The Labute approximate surface area is 227 Å². The van der Waals surface area contributed by atoms with Crippen LogP contribution in [0.15, 0.2) is 140 Å². The Kier molecular flexibility index (Phi) is 5.69. The minimum Gasteiger partial charge on any atom is -0.456 e. The zero-order chi connectivity index (χ0) is 26.2. The molecule has 0 saturated carbocycles. The predicted molar refractivity (Wildman–Crippen MR) is 158 cm³/mol. The first-order valence-corrected chi connectivity index (χ1v) is 14.4. The van der Waals surface area contributed by atoms with Crippen molar-refractivity contribution in [1.29, 1.82) is 0 Å². The van der Waals surface area contributed by atoms with E-state index in [0.29, 0.717) is 16.8 Å². The van der Waals surface area contributed by atoms with Crippen LogP contribution in [-0.4, -0.2) is 9.97 Å². The molecule has 0 amide bonds. The normalized spacial score (nSPS) is 15.6. The Bertz CT molecular complexity index is 1800. The zero-order valence-electron chi connectivity index (χ0n) is 20.9. The number of hydrogen-bond acceptors (Lipinski definition) is 4. The molecule has 39 heavy (non-hydrogen) atoms. The highest BCUT2D eigenvalue weighted by Crippen LogP contribution is 2.52. The lowest BCUT2D eigenvalue weighted by Crippen LogP contribution is -2.30.